The van der Waals surface area contributed by atoms with Crippen LogP contribution in [0.4, 0.5) is 0 Å². The molecule has 2 aromatic carbocycles. The van der Waals surface area contributed by atoms with Gasteiger partial charge in [-0.3, -0.25) is 4.98 Å². The first-order valence-electron chi connectivity index (χ1n) is 7.08. The number of pyridine rings is 1. The highest BCUT2D eigenvalue weighted by molar-refractivity contribution is 5.79. The number of hydrogen-bond acceptors (Lipinski definition) is 1. The summed E-state index contributed by atoms with van der Waals surface area (Å²) in [5, 5.41) is 0. The molecule has 1 aromatic heterocycles. The predicted octanol–water partition coefficient (Wildman–Crippen LogP) is 5.23. The van der Waals surface area contributed by atoms with Crippen LogP contribution in [0.3, 0.4) is 0 Å². The molecule has 0 atom stereocenters. The van der Waals surface area contributed by atoms with Crippen molar-refractivity contribution in [3.63, 3.8) is 0 Å². The molecule has 102 valence electrons. The van der Waals surface area contributed by atoms with Gasteiger partial charge in [-0.15, -0.1) is 0 Å². The highest BCUT2D eigenvalue weighted by atomic mass is 14.7. The van der Waals surface area contributed by atoms with Gasteiger partial charge < -0.3 is 0 Å². The average molecular weight is 271 g/mol. The first kappa shape index (κ1) is 13.3. The second-order valence-corrected chi connectivity index (χ2v) is 5.05. The molecule has 0 N–H and O–H groups in total. The lowest BCUT2D eigenvalue weighted by molar-refractivity contribution is 1.31. The maximum Gasteiger partial charge on any atom is 0.0708 e. The fourth-order valence-corrected chi connectivity index (χ4v) is 2.31. The Morgan fingerprint density at radius 2 is 1.62 bits per heavy atom. The van der Waals surface area contributed by atoms with Crippen molar-refractivity contribution in [3.05, 3.63) is 89.6 Å². The number of rotatable bonds is 3. The van der Waals surface area contributed by atoms with Crippen LogP contribution < -0.4 is 0 Å². The van der Waals surface area contributed by atoms with Gasteiger partial charge in [0, 0.05) is 11.8 Å². The fraction of sp³-hybridized carbons (Fsp3) is 0.0500. The van der Waals surface area contributed by atoms with Crippen LogP contribution in [0.25, 0.3) is 23.4 Å². The second kappa shape index (κ2) is 6.19. The summed E-state index contributed by atoms with van der Waals surface area (Å²) in [5.41, 5.74) is 5.80. The summed E-state index contributed by atoms with van der Waals surface area (Å²) in [4.78, 5) is 4.47. The van der Waals surface area contributed by atoms with Crippen LogP contribution in [-0.2, 0) is 0 Å². The van der Waals surface area contributed by atoms with Gasteiger partial charge >= 0.3 is 0 Å². The molecule has 1 nitrogen and oxygen atoms in total. The largest absolute Gasteiger partial charge is 0.256 e. The molecule has 0 bridgehead atoms. The van der Waals surface area contributed by atoms with E-state index in [2.05, 4.69) is 72.6 Å². The third kappa shape index (κ3) is 3.26. The third-order valence-electron chi connectivity index (χ3n) is 3.40. The van der Waals surface area contributed by atoms with Crippen molar-refractivity contribution in [1.29, 1.82) is 0 Å². The highest BCUT2D eigenvalue weighted by Crippen LogP contribution is 2.24. The Balaban J connectivity index is 2.01. The van der Waals surface area contributed by atoms with Gasteiger partial charge in [0.1, 0.15) is 0 Å². The number of aryl methyl sites for hydroxylation is 1. The highest BCUT2D eigenvalue weighted by Gasteiger charge is 2.04. The number of aromatic nitrogens is 1. The Hall–Kier alpha value is -2.67. The molecule has 3 rings (SSSR count). The maximum atomic E-state index is 4.47. The van der Waals surface area contributed by atoms with E-state index in [-0.39, 0.29) is 0 Å². The zero-order valence-electron chi connectivity index (χ0n) is 12.0. The van der Waals surface area contributed by atoms with E-state index in [1.807, 2.05) is 24.4 Å². The lowest BCUT2D eigenvalue weighted by atomic mass is 10.00. The summed E-state index contributed by atoms with van der Waals surface area (Å²) in [5.74, 6) is 0. The van der Waals surface area contributed by atoms with E-state index in [1.165, 1.54) is 22.3 Å². The first-order valence-corrected chi connectivity index (χ1v) is 7.08. The van der Waals surface area contributed by atoms with Crippen molar-refractivity contribution in [3.8, 4) is 11.3 Å². The summed E-state index contributed by atoms with van der Waals surface area (Å²) in [7, 11) is 0. The van der Waals surface area contributed by atoms with Gasteiger partial charge in [0.25, 0.3) is 0 Å². The van der Waals surface area contributed by atoms with Gasteiger partial charge in [-0.2, -0.15) is 0 Å². The first-order chi connectivity index (χ1) is 10.3. The van der Waals surface area contributed by atoms with Crippen LogP contribution in [0, 0.1) is 6.92 Å². The molecular weight excluding hydrogens is 254 g/mol. The molecule has 3 aromatic rings. The monoisotopic (exact) mass is 271 g/mol. The van der Waals surface area contributed by atoms with Gasteiger partial charge in [0.05, 0.1) is 5.69 Å². The van der Waals surface area contributed by atoms with Crippen molar-refractivity contribution in [2.75, 3.05) is 0 Å². The predicted molar refractivity (Wildman–Crippen MR) is 89.8 cm³/mol. The molecule has 0 radical (unpaired) electrons. The van der Waals surface area contributed by atoms with Crippen LogP contribution in [0.5, 0.6) is 0 Å². The van der Waals surface area contributed by atoms with E-state index in [0.29, 0.717) is 0 Å². The van der Waals surface area contributed by atoms with Gasteiger partial charge in [-0.1, -0.05) is 66.2 Å². The smallest absolute Gasteiger partial charge is 0.0708 e. The van der Waals surface area contributed by atoms with Gasteiger partial charge in [-0.25, -0.2) is 0 Å². The van der Waals surface area contributed by atoms with Crippen LogP contribution in [0.1, 0.15) is 16.7 Å². The zero-order chi connectivity index (χ0) is 14.5. The van der Waals surface area contributed by atoms with Crippen LogP contribution >= 0.6 is 0 Å². The molecule has 0 aliphatic rings. The average Bonchev–Trinajstić information content (AvgIpc) is 2.55. The van der Waals surface area contributed by atoms with Gasteiger partial charge in [-0.05, 0) is 36.2 Å². The molecule has 0 aliphatic heterocycles. The van der Waals surface area contributed by atoms with Crippen molar-refractivity contribution < 1.29 is 0 Å². The quantitative estimate of drug-likeness (QED) is 0.594. The van der Waals surface area contributed by atoms with Crippen molar-refractivity contribution >= 4 is 12.2 Å². The Morgan fingerprint density at radius 3 is 2.38 bits per heavy atom. The Labute approximate surface area is 125 Å². The van der Waals surface area contributed by atoms with E-state index in [1.54, 1.807) is 0 Å². The zero-order valence-corrected chi connectivity index (χ0v) is 12.0. The number of hydrogen-bond donors (Lipinski definition) is 0. The number of benzene rings is 2. The molecule has 0 saturated carbocycles. The van der Waals surface area contributed by atoms with E-state index < -0.39 is 0 Å². The van der Waals surface area contributed by atoms with Gasteiger partial charge in [0.2, 0.25) is 0 Å². The topological polar surface area (TPSA) is 12.9 Å². The normalized spacial score (nSPS) is 10.9. The summed E-state index contributed by atoms with van der Waals surface area (Å²) >= 11 is 0. The molecule has 1 heteroatoms. The summed E-state index contributed by atoms with van der Waals surface area (Å²) in [6.07, 6.45) is 6.12. The summed E-state index contributed by atoms with van der Waals surface area (Å²) in [6.45, 7) is 2.11. The minimum atomic E-state index is 1.01. The Bertz CT molecular complexity index is 743. The van der Waals surface area contributed by atoms with E-state index >= 15 is 0 Å². The fourth-order valence-electron chi connectivity index (χ4n) is 2.31. The van der Waals surface area contributed by atoms with Crippen molar-refractivity contribution in [1.82, 2.24) is 4.98 Å². The standard InChI is InChI=1S/C20H17N/c1-16-10-12-18(13-11-17-7-3-2-4-8-17)19(15-16)20-9-5-6-14-21-20/h2-15H,1H3. The van der Waals surface area contributed by atoms with E-state index in [9.17, 15) is 0 Å². The van der Waals surface area contributed by atoms with Crippen molar-refractivity contribution in [2.24, 2.45) is 0 Å². The van der Waals surface area contributed by atoms with Crippen LogP contribution in [0.15, 0.2) is 72.9 Å². The lowest BCUT2D eigenvalue weighted by Gasteiger charge is -2.07. The van der Waals surface area contributed by atoms with Crippen LogP contribution in [-0.4, -0.2) is 4.98 Å². The molecule has 0 spiro atoms. The van der Waals surface area contributed by atoms with E-state index in [4.69, 9.17) is 0 Å². The molecular formula is C20H17N. The molecule has 21 heavy (non-hydrogen) atoms. The molecule has 0 amide bonds. The Kier molecular flexibility index (Phi) is 3.92. The second-order valence-electron chi connectivity index (χ2n) is 5.05. The molecule has 0 unspecified atom stereocenters. The molecule has 0 fully saturated rings. The Morgan fingerprint density at radius 1 is 0.810 bits per heavy atom. The van der Waals surface area contributed by atoms with Gasteiger partial charge in [0.15, 0.2) is 0 Å². The van der Waals surface area contributed by atoms with E-state index in [0.717, 1.165) is 5.69 Å². The maximum absolute atomic E-state index is 4.47. The summed E-state index contributed by atoms with van der Waals surface area (Å²) in [6, 6.07) is 22.8. The number of nitrogens with zero attached hydrogens (tertiary/aromatic N) is 1. The minimum absolute atomic E-state index is 1.01. The minimum Gasteiger partial charge on any atom is -0.256 e. The van der Waals surface area contributed by atoms with Crippen molar-refractivity contribution in [2.45, 2.75) is 6.92 Å². The van der Waals surface area contributed by atoms with Crippen LogP contribution in [0.2, 0.25) is 0 Å². The molecule has 0 aliphatic carbocycles. The lowest BCUT2D eigenvalue weighted by Crippen LogP contribution is -1.87. The SMILES string of the molecule is Cc1ccc(C=Cc2ccccc2)c(-c2ccccn2)c1. The summed E-state index contributed by atoms with van der Waals surface area (Å²) < 4.78 is 0. The third-order valence-corrected chi connectivity index (χ3v) is 3.40. The molecule has 1 heterocycles. The molecule has 0 saturated heterocycles.